The van der Waals surface area contributed by atoms with Crippen LogP contribution in [0.4, 0.5) is 24.8 Å². The molecule has 2 aliphatic rings. The van der Waals surface area contributed by atoms with Gasteiger partial charge in [0.2, 0.25) is 5.91 Å². The van der Waals surface area contributed by atoms with E-state index in [9.17, 15) is 22.8 Å². The number of piperidine rings is 1. The third kappa shape index (κ3) is 4.99. The first kappa shape index (κ1) is 26.7. The number of anilines is 2. The maximum atomic E-state index is 14.7. The highest BCUT2D eigenvalue weighted by Gasteiger charge is 2.53. The molecule has 0 radical (unpaired) electrons. The Bertz CT molecular complexity index is 1710. The normalized spacial score (nSPS) is 17.7. The van der Waals surface area contributed by atoms with E-state index >= 15 is 0 Å². The Morgan fingerprint density at radius 2 is 1.95 bits per heavy atom. The molecule has 210 valence electrons. The lowest BCUT2D eigenvalue weighted by Crippen LogP contribution is -2.30. The fourth-order valence-corrected chi connectivity index (χ4v) is 5.03. The summed E-state index contributed by atoms with van der Waals surface area (Å²) in [4.78, 5) is 45.5. The molecule has 1 saturated carbocycles. The number of alkyl halides is 2. The smallest absolute Gasteiger partial charge is 0.277 e. The van der Waals surface area contributed by atoms with E-state index < -0.39 is 29.3 Å². The number of aromatic nitrogens is 7. The summed E-state index contributed by atoms with van der Waals surface area (Å²) in [5, 5.41) is 10.5. The van der Waals surface area contributed by atoms with Gasteiger partial charge in [0.1, 0.15) is 12.2 Å². The van der Waals surface area contributed by atoms with Crippen molar-refractivity contribution in [3.05, 3.63) is 69.9 Å². The van der Waals surface area contributed by atoms with Crippen LogP contribution in [0.25, 0.3) is 11.3 Å². The number of nitrogens with zero attached hydrogens (tertiary/aromatic N) is 8. The molecule has 0 spiro atoms. The maximum Gasteiger partial charge on any atom is 0.277 e. The van der Waals surface area contributed by atoms with Crippen LogP contribution < -0.4 is 10.2 Å². The Balaban J connectivity index is 1.18. The predicted octanol–water partition coefficient (Wildman–Crippen LogP) is 4.16. The molecule has 2 atom stereocenters. The minimum Gasteiger partial charge on any atom is -0.302 e. The van der Waals surface area contributed by atoms with E-state index in [0.29, 0.717) is 29.7 Å². The molecule has 2 fully saturated rings. The number of aryl methyl sites for hydroxylation is 2. The van der Waals surface area contributed by atoms with Crippen molar-refractivity contribution in [1.29, 1.82) is 0 Å². The van der Waals surface area contributed by atoms with Gasteiger partial charge in [-0.25, -0.2) is 23.1 Å². The average Bonchev–Trinajstić information content (AvgIpc) is 3.46. The molecule has 1 N–H and O–H groups in total. The van der Waals surface area contributed by atoms with Gasteiger partial charge in [-0.2, -0.15) is 9.90 Å². The topological polar surface area (TPSA) is 132 Å². The van der Waals surface area contributed by atoms with Crippen LogP contribution in [0, 0.1) is 31.5 Å². The molecule has 4 aromatic rings. The number of rotatable bonds is 7. The lowest BCUT2D eigenvalue weighted by atomic mass is 10.0. The Morgan fingerprint density at radius 3 is 2.66 bits per heavy atom. The van der Waals surface area contributed by atoms with Crippen molar-refractivity contribution in [3.8, 4) is 11.3 Å². The average molecular weight is 584 g/mol. The molecule has 0 unspecified atom stereocenters. The van der Waals surface area contributed by atoms with Gasteiger partial charge >= 0.3 is 0 Å². The molecule has 6 rings (SSSR count). The summed E-state index contributed by atoms with van der Waals surface area (Å²) < 4.78 is 41.9. The molecule has 1 saturated heterocycles. The molecule has 0 bridgehead atoms. The maximum absolute atomic E-state index is 14.7. The first-order valence-corrected chi connectivity index (χ1v) is 12.9. The second-order valence-corrected chi connectivity index (χ2v) is 10.3. The molecule has 1 aromatic carbocycles. The standard InChI is InChI=1S/C26H21ClF3N9O2/c1-11-22(35-18(7-31-11)20-15(23(29)30)3-4-17(27)21(20)28)25(40)36-19-8-33-39(37-19)10-14-6-32-24(12(2)34-14)38-9-13-5-16(13)26(38)41/h3-4,6-8,13,16,23H,5,9-10H2,1-2H3,(H,36,37,40)/t13-,16-/m1/s1. The van der Waals surface area contributed by atoms with Crippen LogP contribution in [0.15, 0.2) is 30.7 Å². The van der Waals surface area contributed by atoms with Crippen molar-refractivity contribution < 1.29 is 22.8 Å². The number of nitrogens with one attached hydrogen (secondary N) is 1. The van der Waals surface area contributed by atoms with E-state index in [1.54, 1.807) is 18.0 Å². The Labute approximate surface area is 235 Å². The zero-order valence-electron chi connectivity index (χ0n) is 21.6. The van der Waals surface area contributed by atoms with Crippen molar-refractivity contribution in [2.75, 3.05) is 16.8 Å². The lowest BCUT2D eigenvalue weighted by molar-refractivity contribution is -0.118. The van der Waals surface area contributed by atoms with Gasteiger partial charge in [0, 0.05) is 23.6 Å². The van der Waals surface area contributed by atoms with Crippen LogP contribution >= 0.6 is 11.6 Å². The van der Waals surface area contributed by atoms with Gasteiger partial charge in [-0.3, -0.25) is 24.5 Å². The van der Waals surface area contributed by atoms with Crippen LogP contribution in [0.2, 0.25) is 5.02 Å². The van der Waals surface area contributed by atoms with Gasteiger partial charge < -0.3 is 5.32 Å². The Kier molecular flexibility index (Phi) is 6.64. The molecular weight excluding hydrogens is 563 g/mol. The predicted molar refractivity (Wildman–Crippen MR) is 140 cm³/mol. The van der Waals surface area contributed by atoms with Gasteiger partial charge in [-0.05, 0) is 32.3 Å². The minimum atomic E-state index is -3.01. The molecule has 15 heteroatoms. The monoisotopic (exact) mass is 583 g/mol. The third-order valence-electron chi connectivity index (χ3n) is 7.02. The highest BCUT2D eigenvalue weighted by Crippen LogP contribution is 2.47. The Hall–Kier alpha value is -4.46. The van der Waals surface area contributed by atoms with E-state index in [1.807, 2.05) is 0 Å². The van der Waals surface area contributed by atoms with Gasteiger partial charge in [0.05, 0.1) is 46.4 Å². The number of amides is 2. The van der Waals surface area contributed by atoms with E-state index in [0.717, 1.165) is 24.8 Å². The number of fused-ring (bicyclic) bond motifs is 1. The summed E-state index contributed by atoms with van der Waals surface area (Å²) in [5.74, 6) is -0.604. The SMILES string of the molecule is Cc1ncc(-c2c(C(F)F)ccc(Cl)c2F)nc1C(=O)Nc1cnn(Cc2cnc(N3C[C@H]4C[C@H]4C3=O)c(C)n2)n1. The fraction of sp³-hybridized carbons (Fsp3) is 0.308. The number of hydrogen-bond acceptors (Lipinski definition) is 8. The molecule has 2 amide bonds. The number of hydrogen-bond donors (Lipinski definition) is 1. The molecule has 1 aliphatic heterocycles. The van der Waals surface area contributed by atoms with Crippen molar-refractivity contribution >= 4 is 35.1 Å². The lowest BCUT2D eigenvalue weighted by Gasteiger charge is -2.18. The largest absolute Gasteiger partial charge is 0.302 e. The van der Waals surface area contributed by atoms with Gasteiger partial charge in [0.25, 0.3) is 12.3 Å². The zero-order chi connectivity index (χ0) is 29.0. The Morgan fingerprint density at radius 1 is 1.15 bits per heavy atom. The zero-order valence-corrected chi connectivity index (χ0v) is 22.4. The second kappa shape index (κ2) is 10.2. The summed E-state index contributed by atoms with van der Waals surface area (Å²) in [6.07, 6.45) is 1.89. The number of halogens is 4. The summed E-state index contributed by atoms with van der Waals surface area (Å²) in [6, 6.07) is 2.02. The summed E-state index contributed by atoms with van der Waals surface area (Å²) in [6.45, 7) is 4.08. The number of benzene rings is 1. The van der Waals surface area contributed by atoms with Crippen molar-refractivity contribution in [2.45, 2.75) is 33.2 Å². The molecule has 1 aliphatic carbocycles. The molecule has 11 nitrogen and oxygen atoms in total. The summed E-state index contributed by atoms with van der Waals surface area (Å²) >= 11 is 5.81. The highest BCUT2D eigenvalue weighted by molar-refractivity contribution is 6.31. The van der Waals surface area contributed by atoms with Gasteiger partial charge in [-0.15, -0.1) is 5.10 Å². The van der Waals surface area contributed by atoms with E-state index in [1.165, 1.54) is 17.9 Å². The van der Waals surface area contributed by atoms with Crippen LogP contribution in [0.1, 0.15) is 46.0 Å². The van der Waals surface area contributed by atoms with Crippen molar-refractivity contribution in [1.82, 2.24) is 34.9 Å². The molecular formula is C26H21ClF3N9O2. The van der Waals surface area contributed by atoms with Crippen LogP contribution in [0.3, 0.4) is 0 Å². The van der Waals surface area contributed by atoms with Crippen LogP contribution in [-0.2, 0) is 11.3 Å². The summed E-state index contributed by atoms with van der Waals surface area (Å²) in [7, 11) is 0. The van der Waals surface area contributed by atoms with E-state index in [4.69, 9.17) is 11.6 Å². The molecule has 41 heavy (non-hydrogen) atoms. The van der Waals surface area contributed by atoms with Crippen molar-refractivity contribution in [3.63, 3.8) is 0 Å². The number of carbonyl (C=O) groups is 2. The molecule has 4 heterocycles. The quantitative estimate of drug-likeness (QED) is 0.343. The fourth-order valence-electron chi connectivity index (χ4n) is 4.88. The van der Waals surface area contributed by atoms with Gasteiger partial charge in [0.15, 0.2) is 17.5 Å². The highest BCUT2D eigenvalue weighted by atomic mass is 35.5. The van der Waals surface area contributed by atoms with Crippen LogP contribution in [0.5, 0.6) is 0 Å². The van der Waals surface area contributed by atoms with E-state index in [2.05, 4.69) is 35.5 Å². The summed E-state index contributed by atoms with van der Waals surface area (Å²) in [5.41, 5.74) is -0.322. The van der Waals surface area contributed by atoms with Crippen molar-refractivity contribution in [2.24, 2.45) is 11.8 Å². The molecule has 3 aromatic heterocycles. The second-order valence-electron chi connectivity index (χ2n) is 9.85. The number of carbonyl (C=O) groups excluding carboxylic acids is 2. The minimum absolute atomic E-state index is 0.0759. The first-order chi connectivity index (χ1) is 19.6. The van der Waals surface area contributed by atoms with Crippen LogP contribution in [-0.4, -0.2) is 53.3 Å². The van der Waals surface area contributed by atoms with Gasteiger partial charge in [-0.1, -0.05) is 17.7 Å². The first-order valence-electron chi connectivity index (χ1n) is 12.6. The third-order valence-corrected chi connectivity index (χ3v) is 7.31. The van der Waals surface area contributed by atoms with E-state index in [-0.39, 0.29) is 46.3 Å².